The van der Waals surface area contributed by atoms with Crippen LogP contribution in [0.3, 0.4) is 0 Å². The number of thiazole rings is 1. The molecule has 2 aromatic rings. The Morgan fingerprint density at radius 2 is 2.00 bits per heavy atom. The van der Waals surface area contributed by atoms with Crippen molar-refractivity contribution in [2.24, 2.45) is 7.05 Å². The minimum Gasteiger partial charge on any atom is -0.481 e. The van der Waals surface area contributed by atoms with E-state index in [2.05, 4.69) is 29.2 Å². The molecule has 0 aliphatic rings. The van der Waals surface area contributed by atoms with Crippen LogP contribution < -0.4 is 10.1 Å². The maximum atomic E-state index is 5.41. The van der Waals surface area contributed by atoms with Crippen LogP contribution in [0.5, 0.6) is 5.88 Å². The Kier molecular flexibility index (Phi) is 4.45. The van der Waals surface area contributed by atoms with Crippen molar-refractivity contribution in [2.75, 3.05) is 7.11 Å². The van der Waals surface area contributed by atoms with Crippen molar-refractivity contribution < 1.29 is 4.74 Å². The van der Waals surface area contributed by atoms with Crippen LogP contribution in [0.4, 0.5) is 0 Å². The fourth-order valence-electron chi connectivity index (χ4n) is 2.44. The first-order valence-electron chi connectivity index (χ1n) is 6.67. The van der Waals surface area contributed by atoms with Gasteiger partial charge in [0.15, 0.2) is 0 Å². The van der Waals surface area contributed by atoms with Crippen LogP contribution >= 0.6 is 11.3 Å². The van der Waals surface area contributed by atoms with Crippen LogP contribution in [0, 0.1) is 20.8 Å². The van der Waals surface area contributed by atoms with Gasteiger partial charge in [-0.3, -0.25) is 0 Å². The zero-order valence-corrected chi connectivity index (χ0v) is 13.8. The van der Waals surface area contributed by atoms with Gasteiger partial charge in [0.2, 0.25) is 5.88 Å². The van der Waals surface area contributed by atoms with E-state index in [1.165, 1.54) is 4.88 Å². The average Bonchev–Trinajstić information content (AvgIpc) is 2.85. The zero-order chi connectivity index (χ0) is 14.9. The van der Waals surface area contributed by atoms with Gasteiger partial charge in [-0.05, 0) is 27.7 Å². The van der Waals surface area contributed by atoms with Crippen LogP contribution in [0.1, 0.15) is 39.8 Å². The Hall–Kier alpha value is -1.40. The van der Waals surface area contributed by atoms with Crippen molar-refractivity contribution in [2.45, 2.75) is 40.3 Å². The molecule has 0 aliphatic carbocycles. The third-order valence-corrected chi connectivity index (χ3v) is 4.66. The number of nitrogens with one attached hydrogen (secondary N) is 1. The molecule has 0 saturated heterocycles. The van der Waals surface area contributed by atoms with E-state index in [0.717, 1.165) is 34.4 Å². The normalized spacial score (nSPS) is 12.7. The summed E-state index contributed by atoms with van der Waals surface area (Å²) < 4.78 is 7.19. The number of ether oxygens (including phenoxy) is 1. The lowest BCUT2D eigenvalue weighted by molar-refractivity contribution is 0.367. The van der Waals surface area contributed by atoms with Crippen LogP contribution in [0.25, 0.3) is 0 Å². The van der Waals surface area contributed by atoms with Crippen molar-refractivity contribution in [3.8, 4) is 5.88 Å². The predicted octanol–water partition coefficient (Wildman–Crippen LogP) is 2.66. The predicted molar refractivity (Wildman–Crippen MR) is 81.3 cm³/mol. The average molecular weight is 294 g/mol. The van der Waals surface area contributed by atoms with E-state index in [4.69, 9.17) is 4.74 Å². The second-order valence-corrected chi connectivity index (χ2v) is 6.22. The molecule has 1 N–H and O–H groups in total. The number of hydrogen-bond donors (Lipinski definition) is 1. The highest BCUT2D eigenvalue weighted by Crippen LogP contribution is 2.26. The summed E-state index contributed by atoms with van der Waals surface area (Å²) in [6.07, 6.45) is 0. The molecule has 0 bridgehead atoms. The van der Waals surface area contributed by atoms with E-state index in [1.54, 1.807) is 23.1 Å². The Balaban J connectivity index is 2.11. The largest absolute Gasteiger partial charge is 0.481 e. The molecular weight excluding hydrogens is 272 g/mol. The maximum Gasteiger partial charge on any atom is 0.216 e. The molecule has 1 unspecified atom stereocenters. The zero-order valence-electron chi connectivity index (χ0n) is 12.9. The standard InChI is InChI=1S/C14H22N4OS/c1-8-12(14(19-6)18(5)17-8)7-15-9(2)13-10(3)16-11(4)20-13/h9,15H,7H2,1-6H3. The number of hydrogen-bond acceptors (Lipinski definition) is 5. The van der Waals surface area contributed by atoms with Crippen LogP contribution in [-0.4, -0.2) is 21.9 Å². The Morgan fingerprint density at radius 1 is 1.30 bits per heavy atom. The molecule has 0 aromatic carbocycles. The lowest BCUT2D eigenvalue weighted by atomic mass is 10.2. The molecule has 0 spiro atoms. The lowest BCUT2D eigenvalue weighted by Crippen LogP contribution is -2.18. The summed E-state index contributed by atoms with van der Waals surface area (Å²) in [5.74, 6) is 0.819. The van der Waals surface area contributed by atoms with E-state index in [9.17, 15) is 0 Å². The fourth-order valence-corrected chi connectivity index (χ4v) is 3.39. The topological polar surface area (TPSA) is 52.0 Å². The summed E-state index contributed by atoms with van der Waals surface area (Å²) >= 11 is 1.75. The first-order chi connectivity index (χ1) is 9.43. The summed E-state index contributed by atoms with van der Waals surface area (Å²) in [5, 5.41) is 9.04. The molecule has 0 fully saturated rings. The van der Waals surface area contributed by atoms with Crippen molar-refractivity contribution in [1.82, 2.24) is 20.1 Å². The maximum absolute atomic E-state index is 5.41. The lowest BCUT2D eigenvalue weighted by Gasteiger charge is -2.13. The van der Waals surface area contributed by atoms with Gasteiger partial charge in [0.25, 0.3) is 0 Å². The van der Waals surface area contributed by atoms with Gasteiger partial charge in [-0.25, -0.2) is 9.67 Å². The van der Waals surface area contributed by atoms with E-state index in [0.29, 0.717) is 0 Å². The van der Waals surface area contributed by atoms with Gasteiger partial charge in [0.1, 0.15) is 0 Å². The Labute approximate surface area is 124 Å². The van der Waals surface area contributed by atoms with Crippen molar-refractivity contribution >= 4 is 11.3 Å². The number of aryl methyl sites for hydroxylation is 4. The van der Waals surface area contributed by atoms with Gasteiger partial charge < -0.3 is 10.1 Å². The van der Waals surface area contributed by atoms with E-state index < -0.39 is 0 Å². The van der Waals surface area contributed by atoms with Crippen LogP contribution in [0.15, 0.2) is 0 Å². The minimum absolute atomic E-state index is 0.269. The molecular formula is C14H22N4OS. The van der Waals surface area contributed by atoms with Crippen LogP contribution in [0.2, 0.25) is 0 Å². The highest BCUT2D eigenvalue weighted by Gasteiger charge is 2.17. The quantitative estimate of drug-likeness (QED) is 0.921. The summed E-state index contributed by atoms with van der Waals surface area (Å²) in [6, 6.07) is 0.269. The van der Waals surface area contributed by atoms with Crippen molar-refractivity contribution in [1.29, 1.82) is 0 Å². The second-order valence-electron chi connectivity index (χ2n) is 4.98. The third-order valence-electron chi connectivity index (χ3n) is 3.40. The molecule has 2 aromatic heterocycles. The number of rotatable bonds is 5. The van der Waals surface area contributed by atoms with Gasteiger partial charge in [-0.2, -0.15) is 5.10 Å². The van der Waals surface area contributed by atoms with E-state index >= 15 is 0 Å². The molecule has 2 rings (SSSR count). The Morgan fingerprint density at radius 3 is 2.55 bits per heavy atom. The number of methoxy groups -OCH3 is 1. The molecule has 110 valence electrons. The fraction of sp³-hybridized carbons (Fsp3) is 0.571. The van der Waals surface area contributed by atoms with Gasteiger partial charge in [-0.1, -0.05) is 0 Å². The van der Waals surface area contributed by atoms with Gasteiger partial charge in [-0.15, -0.1) is 11.3 Å². The molecule has 0 radical (unpaired) electrons. The molecule has 0 saturated carbocycles. The molecule has 5 nitrogen and oxygen atoms in total. The van der Waals surface area contributed by atoms with Crippen LogP contribution in [-0.2, 0) is 13.6 Å². The minimum atomic E-state index is 0.269. The van der Waals surface area contributed by atoms with Gasteiger partial charge in [0, 0.05) is 24.5 Å². The molecule has 1 atom stereocenters. The SMILES string of the molecule is COc1c(CNC(C)c2sc(C)nc2C)c(C)nn1C. The highest BCUT2D eigenvalue weighted by atomic mass is 32.1. The summed E-state index contributed by atoms with van der Waals surface area (Å²) in [7, 11) is 3.58. The second kappa shape index (κ2) is 5.93. The molecule has 0 aliphatic heterocycles. The first kappa shape index (κ1) is 15.0. The van der Waals surface area contributed by atoms with E-state index in [1.807, 2.05) is 20.9 Å². The number of nitrogens with zero attached hydrogens (tertiary/aromatic N) is 3. The molecule has 20 heavy (non-hydrogen) atoms. The Bertz CT molecular complexity index is 603. The summed E-state index contributed by atoms with van der Waals surface area (Å²) in [4.78, 5) is 5.77. The smallest absolute Gasteiger partial charge is 0.216 e. The monoisotopic (exact) mass is 294 g/mol. The third kappa shape index (κ3) is 2.86. The summed E-state index contributed by atoms with van der Waals surface area (Å²) in [6.45, 7) is 9.01. The van der Waals surface area contributed by atoms with Crippen molar-refractivity contribution in [3.05, 3.63) is 26.8 Å². The van der Waals surface area contributed by atoms with Gasteiger partial charge in [0.05, 0.1) is 29.1 Å². The van der Waals surface area contributed by atoms with E-state index in [-0.39, 0.29) is 6.04 Å². The number of aromatic nitrogens is 3. The summed E-state index contributed by atoms with van der Waals surface area (Å²) in [5.41, 5.74) is 3.23. The molecule has 0 amide bonds. The first-order valence-corrected chi connectivity index (χ1v) is 7.49. The van der Waals surface area contributed by atoms with Crippen molar-refractivity contribution in [3.63, 3.8) is 0 Å². The van der Waals surface area contributed by atoms with Gasteiger partial charge >= 0.3 is 0 Å². The molecule has 6 heteroatoms. The molecule has 2 heterocycles. The highest BCUT2D eigenvalue weighted by molar-refractivity contribution is 7.11.